The monoisotopic (exact) mass is 353 g/mol. The molecule has 1 amide bonds. The van der Waals surface area contributed by atoms with Crippen LogP contribution in [0.2, 0.25) is 0 Å². The van der Waals surface area contributed by atoms with Crippen molar-refractivity contribution >= 4 is 17.2 Å². The van der Waals surface area contributed by atoms with Gasteiger partial charge in [0.1, 0.15) is 22.2 Å². The highest BCUT2D eigenvalue weighted by Gasteiger charge is 2.15. The van der Waals surface area contributed by atoms with Crippen LogP contribution in [0.4, 0.5) is 0 Å². The van der Waals surface area contributed by atoms with Crippen LogP contribution < -0.4 is 10.1 Å². The van der Waals surface area contributed by atoms with Crippen LogP contribution >= 0.6 is 11.3 Å². The van der Waals surface area contributed by atoms with Crippen LogP contribution in [0.5, 0.6) is 5.75 Å². The molecule has 1 aromatic carbocycles. The summed E-state index contributed by atoms with van der Waals surface area (Å²) in [7, 11) is 0. The van der Waals surface area contributed by atoms with Crippen molar-refractivity contribution in [3.63, 3.8) is 0 Å². The second kappa shape index (κ2) is 7.90. The van der Waals surface area contributed by atoms with E-state index in [0.29, 0.717) is 18.0 Å². The first-order valence-corrected chi connectivity index (χ1v) is 8.76. The molecular formula is C19H19N3O2S. The van der Waals surface area contributed by atoms with Gasteiger partial charge in [-0.25, -0.2) is 4.98 Å². The molecule has 1 N–H and O–H groups in total. The number of amides is 1. The molecule has 0 saturated carbocycles. The molecule has 3 aromatic rings. The highest BCUT2D eigenvalue weighted by molar-refractivity contribution is 7.13. The quantitative estimate of drug-likeness (QED) is 0.734. The zero-order valence-electron chi connectivity index (χ0n) is 14.2. The number of hydrogen-bond donors (Lipinski definition) is 1. The van der Waals surface area contributed by atoms with Gasteiger partial charge in [-0.2, -0.15) is 0 Å². The molecule has 0 radical (unpaired) electrons. The van der Waals surface area contributed by atoms with Crippen molar-refractivity contribution in [2.75, 3.05) is 0 Å². The lowest BCUT2D eigenvalue weighted by Crippen LogP contribution is -2.22. The van der Waals surface area contributed by atoms with Crippen LogP contribution in [0.15, 0.2) is 48.8 Å². The summed E-state index contributed by atoms with van der Waals surface area (Å²) >= 11 is 1.36. The number of aromatic nitrogens is 2. The third kappa shape index (κ3) is 4.64. The molecule has 2 aromatic heterocycles. The van der Waals surface area contributed by atoms with Crippen LogP contribution in [0.1, 0.15) is 31.5 Å². The fourth-order valence-electron chi connectivity index (χ4n) is 2.27. The lowest BCUT2D eigenvalue weighted by Gasteiger charge is -2.04. The highest BCUT2D eigenvalue weighted by Crippen LogP contribution is 2.20. The first-order valence-electron chi connectivity index (χ1n) is 7.94. The molecule has 0 fully saturated rings. The summed E-state index contributed by atoms with van der Waals surface area (Å²) in [5, 5.41) is 3.70. The molecule has 0 spiro atoms. The Labute approximate surface area is 150 Å². The number of benzene rings is 1. The molecule has 25 heavy (non-hydrogen) atoms. The Hall–Kier alpha value is -2.73. The molecule has 3 rings (SSSR count). The normalized spacial score (nSPS) is 10.5. The van der Waals surface area contributed by atoms with E-state index < -0.39 is 0 Å². The van der Waals surface area contributed by atoms with E-state index in [9.17, 15) is 4.79 Å². The minimum absolute atomic E-state index is 0.117. The van der Waals surface area contributed by atoms with Crippen molar-refractivity contribution in [3.8, 4) is 5.75 Å². The van der Waals surface area contributed by atoms with Gasteiger partial charge in [-0.05, 0) is 43.7 Å². The second-order valence-electron chi connectivity index (χ2n) is 5.66. The SMILES string of the molecule is Cc1ccc(OCc2nc(C)c(C(=O)NCc3ccncc3)s2)cc1. The second-order valence-corrected chi connectivity index (χ2v) is 6.75. The van der Waals surface area contributed by atoms with Crippen molar-refractivity contribution in [2.45, 2.75) is 27.0 Å². The van der Waals surface area contributed by atoms with Crippen molar-refractivity contribution in [3.05, 3.63) is 75.5 Å². The third-order valence-electron chi connectivity index (χ3n) is 3.63. The standard InChI is InChI=1S/C19H19N3O2S/c1-13-3-5-16(6-4-13)24-12-17-22-14(2)18(25-17)19(23)21-11-15-7-9-20-10-8-15/h3-10H,11-12H2,1-2H3,(H,21,23). The van der Waals surface area contributed by atoms with E-state index in [-0.39, 0.29) is 5.91 Å². The van der Waals surface area contributed by atoms with Crippen molar-refractivity contribution in [1.29, 1.82) is 0 Å². The van der Waals surface area contributed by atoms with Crippen molar-refractivity contribution in [1.82, 2.24) is 15.3 Å². The predicted molar refractivity (Wildman–Crippen MR) is 97.8 cm³/mol. The lowest BCUT2D eigenvalue weighted by molar-refractivity contribution is 0.0954. The molecule has 0 atom stereocenters. The number of hydrogen-bond acceptors (Lipinski definition) is 5. The number of carbonyl (C=O) groups excluding carboxylic acids is 1. The largest absolute Gasteiger partial charge is 0.486 e. The number of nitrogens with one attached hydrogen (secondary N) is 1. The average molecular weight is 353 g/mol. The first kappa shape index (κ1) is 17.1. The molecule has 2 heterocycles. The number of aryl methyl sites for hydroxylation is 2. The Bertz CT molecular complexity index is 845. The molecule has 0 bridgehead atoms. The van der Waals surface area contributed by atoms with Gasteiger partial charge in [0.25, 0.3) is 5.91 Å². The van der Waals surface area contributed by atoms with Gasteiger partial charge in [0.2, 0.25) is 0 Å². The van der Waals surface area contributed by atoms with E-state index in [1.165, 1.54) is 16.9 Å². The summed E-state index contributed by atoms with van der Waals surface area (Å²) < 4.78 is 5.73. The van der Waals surface area contributed by atoms with Gasteiger partial charge in [0.05, 0.1) is 5.69 Å². The van der Waals surface area contributed by atoms with E-state index in [4.69, 9.17) is 4.74 Å². The fraction of sp³-hybridized carbons (Fsp3) is 0.211. The summed E-state index contributed by atoms with van der Waals surface area (Å²) in [5.41, 5.74) is 2.92. The average Bonchev–Trinajstić information content (AvgIpc) is 3.01. The summed E-state index contributed by atoms with van der Waals surface area (Å²) in [6.07, 6.45) is 3.42. The maximum absolute atomic E-state index is 12.4. The summed E-state index contributed by atoms with van der Waals surface area (Å²) in [5.74, 6) is 0.676. The third-order valence-corrected chi connectivity index (χ3v) is 4.76. The molecule has 128 valence electrons. The first-order chi connectivity index (χ1) is 12.1. The number of nitrogens with zero attached hydrogens (tertiary/aromatic N) is 2. The van der Waals surface area contributed by atoms with Crippen LogP contribution in [0, 0.1) is 13.8 Å². The maximum atomic E-state index is 12.4. The Morgan fingerprint density at radius 3 is 2.56 bits per heavy atom. The zero-order valence-corrected chi connectivity index (χ0v) is 15.0. The van der Waals surface area contributed by atoms with E-state index in [1.54, 1.807) is 12.4 Å². The molecular weight excluding hydrogens is 334 g/mol. The molecule has 0 saturated heterocycles. The van der Waals surface area contributed by atoms with Gasteiger partial charge in [-0.3, -0.25) is 9.78 Å². The Morgan fingerprint density at radius 1 is 1.12 bits per heavy atom. The van der Waals surface area contributed by atoms with Gasteiger partial charge in [-0.1, -0.05) is 17.7 Å². The minimum Gasteiger partial charge on any atom is -0.486 e. The molecule has 0 aliphatic carbocycles. The van der Waals surface area contributed by atoms with Crippen LogP contribution in [-0.4, -0.2) is 15.9 Å². The van der Waals surface area contributed by atoms with E-state index in [2.05, 4.69) is 15.3 Å². The highest BCUT2D eigenvalue weighted by atomic mass is 32.1. The van der Waals surface area contributed by atoms with Gasteiger partial charge in [0, 0.05) is 18.9 Å². The van der Waals surface area contributed by atoms with Gasteiger partial charge in [-0.15, -0.1) is 11.3 Å². The molecule has 0 unspecified atom stereocenters. The predicted octanol–water partition coefficient (Wildman–Crippen LogP) is 3.66. The van der Waals surface area contributed by atoms with Gasteiger partial charge >= 0.3 is 0 Å². The lowest BCUT2D eigenvalue weighted by atomic mass is 10.2. The van der Waals surface area contributed by atoms with E-state index >= 15 is 0 Å². The number of rotatable bonds is 6. The van der Waals surface area contributed by atoms with E-state index in [0.717, 1.165) is 22.0 Å². The summed E-state index contributed by atoms with van der Waals surface area (Å²) in [4.78, 5) is 21.4. The minimum atomic E-state index is -0.117. The number of ether oxygens (including phenoxy) is 1. The molecule has 0 aliphatic heterocycles. The Balaban J connectivity index is 1.59. The Morgan fingerprint density at radius 2 is 1.84 bits per heavy atom. The topological polar surface area (TPSA) is 64.1 Å². The smallest absolute Gasteiger partial charge is 0.263 e. The molecule has 5 nitrogen and oxygen atoms in total. The Kier molecular flexibility index (Phi) is 5.40. The van der Waals surface area contributed by atoms with E-state index in [1.807, 2.05) is 50.2 Å². The van der Waals surface area contributed by atoms with Crippen LogP contribution in [0.25, 0.3) is 0 Å². The number of carbonyl (C=O) groups is 1. The van der Waals surface area contributed by atoms with Gasteiger partial charge < -0.3 is 10.1 Å². The maximum Gasteiger partial charge on any atom is 0.263 e. The van der Waals surface area contributed by atoms with Crippen LogP contribution in [-0.2, 0) is 13.2 Å². The number of pyridine rings is 1. The summed E-state index contributed by atoms with van der Waals surface area (Å²) in [6.45, 7) is 4.69. The van der Waals surface area contributed by atoms with Crippen LogP contribution in [0.3, 0.4) is 0 Å². The summed E-state index contributed by atoms with van der Waals surface area (Å²) in [6, 6.07) is 11.6. The zero-order chi connectivity index (χ0) is 17.6. The number of thiazole rings is 1. The van der Waals surface area contributed by atoms with Gasteiger partial charge in [0.15, 0.2) is 0 Å². The van der Waals surface area contributed by atoms with Crippen molar-refractivity contribution < 1.29 is 9.53 Å². The van der Waals surface area contributed by atoms with Crippen molar-refractivity contribution in [2.24, 2.45) is 0 Å². The molecule has 6 heteroatoms. The molecule has 0 aliphatic rings. The fourth-order valence-corrected chi connectivity index (χ4v) is 3.16.